The van der Waals surface area contributed by atoms with Gasteiger partial charge in [-0.1, -0.05) is 68.4 Å². The summed E-state index contributed by atoms with van der Waals surface area (Å²) in [6.45, 7) is 4.68. The van der Waals surface area contributed by atoms with Crippen molar-refractivity contribution in [1.82, 2.24) is 20.4 Å². The molecule has 7 N–H and O–H groups in total. The van der Waals surface area contributed by atoms with Gasteiger partial charge in [0.2, 0.25) is 29.9 Å². The zero-order valence-corrected chi connectivity index (χ0v) is 33.1. The van der Waals surface area contributed by atoms with Crippen molar-refractivity contribution in [3.8, 4) is 5.75 Å². The topological polar surface area (TPSA) is 227 Å². The minimum atomic E-state index is -1.63. The van der Waals surface area contributed by atoms with Gasteiger partial charge >= 0.3 is 0 Å². The zero-order valence-electron chi connectivity index (χ0n) is 33.1. The number of ether oxygens (including phenoxy) is 2. The molecular formula is C42H53N5O11. The summed E-state index contributed by atoms with van der Waals surface area (Å²) < 4.78 is 11.2. The number of aliphatic hydroxyl groups is 4. The molecule has 16 nitrogen and oxygen atoms in total. The van der Waals surface area contributed by atoms with Crippen molar-refractivity contribution in [2.75, 3.05) is 26.0 Å². The Morgan fingerprint density at radius 3 is 1.95 bits per heavy atom. The van der Waals surface area contributed by atoms with E-state index in [2.05, 4.69) is 16.0 Å². The van der Waals surface area contributed by atoms with Gasteiger partial charge in [-0.3, -0.25) is 24.0 Å². The maximum atomic E-state index is 14.5. The van der Waals surface area contributed by atoms with Crippen LogP contribution < -0.4 is 20.7 Å². The molecule has 0 saturated carbocycles. The summed E-state index contributed by atoms with van der Waals surface area (Å²) in [7, 11) is 2.94. The highest BCUT2D eigenvalue weighted by molar-refractivity contribution is 6.07. The van der Waals surface area contributed by atoms with Crippen LogP contribution in [0, 0.1) is 5.92 Å². The monoisotopic (exact) mass is 803 g/mol. The van der Waals surface area contributed by atoms with Crippen molar-refractivity contribution in [3.05, 3.63) is 95.6 Å². The van der Waals surface area contributed by atoms with Gasteiger partial charge in [0.15, 0.2) is 0 Å². The summed E-state index contributed by atoms with van der Waals surface area (Å²) in [5.74, 6) is -2.82. The Balaban J connectivity index is 1.49. The van der Waals surface area contributed by atoms with E-state index in [4.69, 9.17) is 9.47 Å². The normalized spacial score (nSPS) is 27.8. The Morgan fingerprint density at radius 2 is 1.31 bits per heavy atom. The summed E-state index contributed by atoms with van der Waals surface area (Å²) >= 11 is 0. The molecule has 1 saturated heterocycles. The maximum absolute atomic E-state index is 14.5. The van der Waals surface area contributed by atoms with Crippen LogP contribution in [-0.2, 0) is 36.8 Å². The average Bonchev–Trinajstić information content (AvgIpc) is 3.21. The van der Waals surface area contributed by atoms with Crippen molar-refractivity contribution >= 4 is 35.2 Å². The number of hydrogen-bond donors (Lipinski definition) is 7. The molecule has 1 fully saturated rings. The molecule has 0 bridgehead atoms. The predicted octanol–water partition coefficient (Wildman–Crippen LogP) is 0.606. The second-order valence-corrected chi connectivity index (χ2v) is 15.2. The third kappa shape index (κ3) is 10.4. The van der Waals surface area contributed by atoms with Gasteiger partial charge in [-0.05, 0) is 54.7 Å². The standard InChI is InChI=1S/C42H53N5O11/c1-23(2)19-30-41(56)47(5)32(21-26-15-17-27(18-16-26)57-42-36(51)35(50)34(49)33(22-48)58-42)38(53)44-29-14-10-9-13-28(29)37(52)43-24(3)40(55)46(4)31(39(54)45-30)20-25-11-7-6-8-12-25/h6-18,23-24,30-36,42,48-51H,19-22H2,1-5H3,(H,43,52)(H,44,53)(H,45,54)/t24-,30-,31-,32-,33+,34+,35-,36+,42+/m0/s1. The number of nitrogens with zero attached hydrogens (tertiary/aromatic N) is 2. The van der Waals surface area contributed by atoms with E-state index in [9.17, 15) is 44.4 Å². The number of likely N-dealkylation sites (N-methyl/N-ethyl adjacent to an activating group) is 2. The van der Waals surface area contributed by atoms with Crippen LogP contribution >= 0.6 is 0 Å². The van der Waals surface area contributed by atoms with E-state index in [1.54, 1.807) is 24.3 Å². The number of para-hydroxylation sites is 1. The maximum Gasteiger partial charge on any atom is 0.254 e. The fourth-order valence-electron chi connectivity index (χ4n) is 7.04. The quantitative estimate of drug-likeness (QED) is 0.159. The number of rotatable bonds is 9. The Labute approximate surface area is 337 Å². The van der Waals surface area contributed by atoms with Crippen molar-refractivity contribution < 1.29 is 53.9 Å². The number of aliphatic hydroxyl groups excluding tert-OH is 4. The molecule has 58 heavy (non-hydrogen) atoms. The number of anilines is 1. The van der Waals surface area contributed by atoms with Crippen LogP contribution in [0.4, 0.5) is 5.69 Å². The molecule has 2 heterocycles. The van der Waals surface area contributed by atoms with E-state index in [0.717, 1.165) is 5.56 Å². The number of carbonyl (C=O) groups is 5. The molecule has 3 aromatic rings. The molecule has 3 aromatic carbocycles. The van der Waals surface area contributed by atoms with Crippen LogP contribution in [0.25, 0.3) is 0 Å². The summed E-state index contributed by atoms with van der Waals surface area (Å²) in [6.07, 6.45) is -7.08. The van der Waals surface area contributed by atoms with Crippen LogP contribution in [-0.4, -0.2) is 135 Å². The molecule has 0 unspecified atom stereocenters. The van der Waals surface area contributed by atoms with E-state index >= 15 is 0 Å². The van der Waals surface area contributed by atoms with E-state index in [1.165, 1.54) is 55.1 Å². The predicted molar refractivity (Wildman–Crippen MR) is 211 cm³/mol. The molecular weight excluding hydrogens is 750 g/mol. The number of carbonyl (C=O) groups excluding carboxylic acids is 5. The number of nitrogens with one attached hydrogen (secondary N) is 3. The zero-order chi connectivity index (χ0) is 42.3. The first-order chi connectivity index (χ1) is 27.6. The van der Waals surface area contributed by atoms with Crippen molar-refractivity contribution in [3.63, 3.8) is 0 Å². The molecule has 9 atom stereocenters. The van der Waals surface area contributed by atoms with E-state index in [1.807, 2.05) is 44.2 Å². The van der Waals surface area contributed by atoms with E-state index in [-0.39, 0.29) is 42.2 Å². The second-order valence-electron chi connectivity index (χ2n) is 15.2. The van der Waals surface area contributed by atoms with Gasteiger partial charge in [0.1, 0.15) is 54.3 Å². The number of fused-ring (bicyclic) bond motifs is 1. The molecule has 2 aliphatic heterocycles. The minimum Gasteiger partial charge on any atom is -0.462 e. The third-order valence-corrected chi connectivity index (χ3v) is 10.4. The highest BCUT2D eigenvalue weighted by atomic mass is 16.7. The molecule has 0 aliphatic carbocycles. The van der Waals surface area contributed by atoms with Gasteiger partial charge in [-0.25, -0.2) is 0 Å². The lowest BCUT2D eigenvalue weighted by Gasteiger charge is -2.39. The van der Waals surface area contributed by atoms with E-state index in [0.29, 0.717) is 5.56 Å². The van der Waals surface area contributed by atoms with Gasteiger partial charge in [0, 0.05) is 26.9 Å². The summed E-state index contributed by atoms with van der Waals surface area (Å²) in [5.41, 5.74) is 1.56. The Morgan fingerprint density at radius 1 is 0.724 bits per heavy atom. The largest absolute Gasteiger partial charge is 0.462 e. The van der Waals surface area contributed by atoms with Gasteiger partial charge in [0.05, 0.1) is 17.9 Å². The van der Waals surface area contributed by atoms with Gasteiger partial charge in [-0.15, -0.1) is 0 Å². The van der Waals surface area contributed by atoms with E-state index < -0.39 is 91.0 Å². The van der Waals surface area contributed by atoms with Crippen LogP contribution in [0.2, 0.25) is 0 Å². The smallest absolute Gasteiger partial charge is 0.254 e. The molecule has 16 heteroatoms. The number of amides is 5. The first-order valence-electron chi connectivity index (χ1n) is 19.2. The van der Waals surface area contributed by atoms with Crippen molar-refractivity contribution in [2.24, 2.45) is 5.92 Å². The van der Waals surface area contributed by atoms with Gasteiger partial charge in [0.25, 0.3) is 5.91 Å². The number of hydrogen-bond acceptors (Lipinski definition) is 11. The highest BCUT2D eigenvalue weighted by Gasteiger charge is 2.45. The molecule has 0 aromatic heterocycles. The summed E-state index contributed by atoms with van der Waals surface area (Å²) in [4.78, 5) is 73.0. The second kappa shape index (κ2) is 19.4. The van der Waals surface area contributed by atoms with Crippen LogP contribution in [0.5, 0.6) is 5.75 Å². The lowest BCUT2D eigenvalue weighted by molar-refractivity contribution is -0.277. The van der Waals surface area contributed by atoms with Crippen LogP contribution in [0.1, 0.15) is 48.7 Å². The first-order valence-corrected chi connectivity index (χ1v) is 19.2. The molecule has 0 spiro atoms. The number of benzene rings is 3. The molecule has 312 valence electrons. The minimum absolute atomic E-state index is 0.0317. The average molecular weight is 804 g/mol. The lowest BCUT2D eigenvalue weighted by atomic mass is 9.98. The van der Waals surface area contributed by atoms with Crippen molar-refractivity contribution in [2.45, 2.75) is 94.9 Å². The van der Waals surface area contributed by atoms with Gasteiger partial charge in [-0.2, -0.15) is 0 Å². The van der Waals surface area contributed by atoms with Crippen LogP contribution in [0.3, 0.4) is 0 Å². The third-order valence-electron chi connectivity index (χ3n) is 10.4. The van der Waals surface area contributed by atoms with Crippen molar-refractivity contribution in [1.29, 1.82) is 0 Å². The fourth-order valence-corrected chi connectivity index (χ4v) is 7.04. The van der Waals surface area contributed by atoms with Gasteiger partial charge < -0.3 is 55.7 Å². The van der Waals surface area contributed by atoms with Crippen LogP contribution in [0.15, 0.2) is 78.9 Å². The molecule has 0 radical (unpaired) electrons. The lowest BCUT2D eigenvalue weighted by Crippen LogP contribution is -2.60. The fraction of sp³-hybridized carbons (Fsp3) is 0.452. The highest BCUT2D eigenvalue weighted by Crippen LogP contribution is 2.26. The first kappa shape index (κ1) is 43.7. The Kier molecular flexibility index (Phi) is 14.6. The Hall–Kier alpha value is -5.39. The molecule has 2 aliphatic rings. The summed E-state index contributed by atoms with van der Waals surface area (Å²) in [5, 5.41) is 48.7. The summed E-state index contributed by atoms with van der Waals surface area (Å²) in [6, 6.07) is 17.3. The Bertz CT molecular complexity index is 1910. The molecule has 5 amide bonds. The SMILES string of the molecule is CC(C)C[C@@H]1NC(=O)[C@H](Cc2ccccc2)N(C)C(=O)[C@H](C)NC(=O)c2ccccc2NC(=O)[C@H](Cc2ccc(O[C@@H]3O[C@H](CO)[C@@H](O)[C@H](O)[C@H]3O)cc2)N(C)C1=O. The molecule has 5 rings (SSSR count).